The van der Waals surface area contributed by atoms with Crippen LogP contribution in [0.2, 0.25) is 0 Å². The highest BCUT2D eigenvalue weighted by Gasteiger charge is 2.35. The smallest absolute Gasteiger partial charge is 0.292 e. The zero-order valence-electron chi connectivity index (χ0n) is 14.1. The predicted octanol–water partition coefficient (Wildman–Crippen LogP) is 2.27. The molecule has 0 N–H and O–H groups in total. The average molecular weight is 339 g/mol. The van der Waals surface area contributed by atoms with E-state index in [2.05, 4.69) is 21.8 Å². The lowest BCUT2D eigenvalue weighted by Gasteiger charge is -2.41. The summed E-state index contributed by atoms with van der Waals surface area (Å²) >= 11 is 0. The molecule has 0 aliphatic carbocycles. The van der Waals surface area contributed by atoms with Crippen molar-refractivity contribution in [3.8, 4) is 11.8 Å². The SMILES string of the molecule is CC1(C)COCCN1C(=O)c1ncc(C#Cc2cccc(F)c2)cn1. The molecule has 1 aliphatic rings. The van der Waals surface area contributed by atoms with Gasteiger partial charge in [-0.25, -0.2) is 14.4 Å². The highest BCUT2D eigenvalue weighted by atomic mass is 19.1. The van der Waals surface area contributed by atoms with E-state index in [9.17, 15) is 9.18 Å². The molecule has 25 heavy (non-hydrogen) atoms. The van der Waals surface area contributed by atoms with Gasteiger partial charge in [0.05, 0.1) is 24.3 Å². The first kappa shape index (κ1) is 17.1. The topological polar surface area (TPSA) is 55.3 Å². The van der Waals surface area contributed by atoms with E-state index >= 15 is 0 Å². The third kappa shape index (κ3) is 4.01. The fraction of sp³-hybridized carbons (Fsp3) is 0.316. The molecule has 0 unspecified atom stereocenters. The van der Waals surface area contributed by atoms with Crippen molar-refractivity contribution in [1.29, 1.82) is 0 Å². The molecule has 3 rings (SSSR count). The molecular weight excluding hydrogens is 321 g/mol. The van der Waals surface area contributed by atoms with Crippen molar-refractivity contribution in [1.82, 2.24) is 14.9 Å². The van der Waals surface area contributed by atoms with Crippen molar-refractivity contribution in [3.63, 3.8) is 0 Å². The van der Waals surface area contributed by atoms with Crippen molar-refractivity contribution < 1.29 is 13.9 Å². The maximum atomic E-state index is 13.1. The lowest BCUT2D eigenvalue weighted by molar-refractivity contribution is -0.0376. The lowest BCUT2D eigenvalue weighted by atomic mass is 10.0. The third-order valence-electron chi connectivity index (χ3n) is 3.91. The molecule has 1 aromatic carbocycles. The summed E-state index contributed by atoms with van der Waals surface area (Å²) in [4.78, 5) is 22.6. The van der Waals surface area contributed by atoms with Crippen LogP contribution in [0.3, 0.4) is 0 Å². The van der Waals surface area contributed by atoms with Gasteiger partial charge < -0.3 is 9.64 Å². The second kappa shape index (κ2) is 6.99. The molecule has 0 saturated carbocycles. The summed E-state index contributed by atoms with van der Waals surface area (Å²) in [5.74, 6) is 5.28. The van der Waals surface area contributed by atoms with Crippen LogP contribution >= 0.6 is 0 Å². The van der Waals surface area contributed by atoms with E-state index in [0.29, 0.717) is 30.9 Å². The van der Waals surface area contributed by atoms with Crippen molar-refractivity contribution in [2.24, 2.45) is 0 Å². The Morgan fingerprint density at radius 2 is 1.96 bits per heavy atom. The number of carbonyl (C=O) groups excluding carboxylic acids is 1. The van der Waals surface area contributed by atoms with Crippen LogP contribution in [0.25, 0.3) is 0 Å². The van der Waals surface area contributed by atoms with E-state index in [1.807, 2.05) is 13.8 Å². The van der Waals surface area contributed by atoms with Crippen molar-refractivity contribution >= 4 is 5.91 Å². The minimum atomic E-state index is -0.394. The lowest BCUT2D eigenvalue weighted by Crippen LogP contribution is -2.55. The van der Waals surface area contributed by atoms with Gasteiger partial charge in [-0.15, -0.1) is 0 Å². The Morgan fingerprint density at radius 1 is 1.24 bits per heavy atom. The molecule has 0 bridgehead atoms. The Hall–Kier alpha value is -2.78. The maximum absolute atomic E-state index is 13.1. The van der Waals surface area contributed by atoms with E-state index in [1.165, 1.54) is 24.5 Å². The quantitative estimate of drug-likeness (QED) is 0.748. The van der Waals surface area contributed by atoms with Gasteiger partial charge in [-0.05, 0) is 32.0 Å². The first-order valence-corrected chi connectivity index (χ1v) is 7.95. The Kier molecular flexibility index (Phi) is 4.77. The van der Waals surface area contributed by atoms with Gasteiger partial charge in [-0.1, -0.05) is 17.9 Å². The van der Waals surface area contributed by atoms with Crippen molar-refractivity contribution in [2.75, 3.05) is 19.8 Å². The standard InChI is InChI=1S/C19H18FN3O2/c1-19(2)13-25-9-8-23(19)18(24)17-21-11-15(12-22-17)7-6-14-4-3-5-16(20)10-14/h3-5,10-12H,8-9,13H2,1-2H3. The molecule has 6 heteroatoms. The minimum Gasteiger partial charge on any atom is -0.377 e. The van der Waals surface area contributed by atoms with E-state index in [4.69, 9.17) is 4.74 Å². The molecule has 2 heterocycles. The second-order valence-electron chi connectivity index (χ2n) is 6.38. The number of nitrogens with zero attached hydrogens (tertiary/aromatic N) is 3. The fourth-order valence-corrected chi connectivity index (χ4v) is 2.57. The number of ether oxygens (including phenoxy) is 1. The summed E-state index contributed by atoms with van der Waals surface area (Å²) in [6.07, 6.45) is 3.00. The molecular formula is C19H18FN3O2. The number of hydrogen-bond donors (Lipinski definition) is 0. The van der Waals surface area contributed by atoms with Gasteiger partial charge in [-0.2, -0.15) is 0 Å². The summed E-state index contributed by atoms with van der Waals surface area (Å²) in [6.45, 7) is 5.39. The van der Waals surface area contributed by atoms with Crippen LogP contribution in [-0.2, 0) is 4.74 Å². The monoisotopic (exact) mass is 339 g/mol. The fourth-order valence-electron chi connectivity index (χ4n) is 2.57. The maximum Gasteiger partial charge on any atom is 0.292 e. The van der Waals surface area contributed by atoms with Crippen LogP contribution in [0.1, 0.15) is 35.6 Å². The van der Waals surface area contributed by atoms with Crippen LogP contribution in [-0.4, -0.2) is 46.1 Å². The van der Waals surface area contributed by atoms with Gasteiger partial charge >= 0.3 is 0 Å². The molecule has 0 spiro atoms. The first-order valence-electron chi connectivity index (χ1n) is 7.95. The highest BCUT2D eigenvalue weighted by Crippen LogP contribution is 2.20. The summed E-state index contributed by atoms with van der Waals surface area (Å²) in [6, 6.07) is 6.03. The van der Waals surface area contributed by atoms with Crippen molar-refractivity contribution in [3.05, 3.63) is 59.4 Å². The number of aromatic nitrogens is 2. The highest BCUT2D eigenvalue weighted by molar-refractivity contribution is 5.91. The Labute approximate surface area is 145 Å². The van der Waals surface area contributed by atoms with E-state index in [0.717, 1.165) is 0 Å². The Morgan fingerprint density at radius 3 is 2.64 bits per heavy atom. The Balaban J connectivity index is 1.75. The third-order valence-corrected chi connectivity index (χ3v) is 3.91. The van der Waals surface area contributed by atoms with Crippen LogP contribution in [0.4, 0.5) is 4.39 Å². The molecule has 1 aliphatic heterocycles. The van der Waals surface area contributed by atoms with Crippen LogP contribution in [0, 0.1) is 17.7 Å². The zero-order chi connectivity index (χ0) is 17.9. The largest absolute Gasteiger partial charge is 0.377 e. The summed E-state index contributed by atoms with van der Waals surface area (Å²) in [5, 5.41) is 0. The van der Waals surface area contributed by atoms with Crippen LogP contribution < -0.4 is 0 Å². The molecule has 128 valence electrons. The summed E-state index contributed by atoms with van der Waals surface area (Å²) < 4.78 is 18.6. The van der Waals surface area contributed by atoms with Gasteiger partial charge in [0.2, 0.25) is 5.82 Å². The number of morpholine rings is 1. The van der Waals surface area contributed by atoms with Gasteiger partial charge in [-0.3, -0.25) is 4.79 Å². The van der Waals surface area contributed by atoms with Gasteiger partial charge in [0.1, 0.15) is 5.82 Å². The number of rotatable bonds is 1. The molecule has 0 radical (unpaired) electrons. The molecule has 1 fully saturated rings. The first-order chi connectivity index (χ1) is 12.0. The molecule has 1 saturated heterocycles. The van der Waals surface area contributed by atoms with Gasteiger partial charge in [0, 0.05) is 24.5 Å². The number of hydrogen-bond acceptors (Lipinski definition) is 4. The number of benzene rings is 1. The van der Waals surface area contributed by atoms with Crippen molar-refractivity contribution in [2.45, 2.75) is 19.4 Å². The van der Waals surface area contributed by atoms with Gasteiger partial charge in [0.15, 0.2) is 0 Å². The normalized spacial score (nSPS) is 16.0. The number of halogens is 1. The van der Waals surface area contributed by atoms with E-state index in [-0.39, 0.29) is 17.5 Å². The molecule has 1 amide bonds. The molecule has 2 aromatic rings. The minimum absolute atomic E-state index is 0.131. The number of carbonyl (C=O) groups is 1. The Bertz CT molecular complexity index is 838. The number of amides is 1. The molecule has 0 atom stereocenters. The van der Waals surface area contributed by atoms with Crippen LogP contribution in [0.15, 0.2) is 36.7 Å². The second-order valence-corrected chi connectivity index (χ2v) is 6.38. The summed E-state index contributed by atoms with van der Waals surface area (Å²) in [5.41, 5.74) is 0.728. The van der Waals surface area contributed by atoms with E-state index in [1.54, 1.807) is 17.0 Å². The molecule has 5 nitrogen and oxygen atoms in total. The van der Waals surface area contributed by atoms with Crippen LogP contribution in [0.5, 0.6) is 0 Å². The predicted molar refractivity (Wildman–Crippen MR) is 90.3 cm³/mol. The molecule has 1 aromatic heterocycles. The average Bonchev–Trinajstić information content (AvgIpc) is 2.60. The zero-order valence-corrected chi connectivity index (χ0v) is 14.1. The van der Waals surface area contributed by atoms with Gasteiger partial charge in [0.25, 0.3) is 5.91 Å². The van der Waals surface area contributed by atoms with E-state index < -0.39 is 5.54 Å². The summed E-state index contributed by atoms with van der Waals surface area (Å²) in [7, 11) is 0.